The van der Waals surface area contributed by atoms with Crippen LogP contribution >= 0.6 is 0 Å². The maximum Gasteiger partial charge on any atom is 0.150 e. The zero-order valence-electron chi connectivity index (χ0n) is 16.7. The summed E-state index contributed by atoms with van der Waals surface area (Å²) in [5.41, 5.74) is 4.42. The molecule has 4 aliphatic heterocycles. The van der Waals surface area contributed by atoms with E-state index in [9.17, 15) is 4.39 Å². The fourth-order valence-corrected chi connectivity index (χ4v) is 4.74. The van der Waals surface area contributed by atoms with Gasteiger partial charge in [-0.1, -0.05) is 0 Å². The molecule has 0 saturated carbocycles. The van der Waals surface area contributed by atoms with Crippen molar-refractivity contribution in [3.8, 4) is 0 Å². The van der Waals surface area contributed by atoms with E-state index in [2.05, 4.69) is 21.0 Å². The maximum atomic E-state index is 14.4. The van der Waals surface area contributed by atoms with Crippen molar-refractivity contribution in [3.63, 3.8) is 0 Å². The lowest BCUT2D eigenvalue weighted by molar-refractivity contribution is 0.107. The van der Waals surface area contributed by atoms with Gasteiger partial charge in [-0.05, 0) is 43.7 Å². The zero-order chi connectivity index (χ0) is 19.6. The van der Waals surface area contributed by atoms with E-state index >= 15 is 0 Å². The molecule has 7 nitrogen and oxygen atoms in total. The molecule has 0 aromatic heterocycles. The second-order valence-electron chi connectivity index (χ2n) is 8.13. The Morgan fingerprint density at radius 3 is 2.97 bits per heavy atom. The average molecular weight is 401 g/mol. The number of amidine groups is 1. The predicted octanol–water partition coefficient (Wildman–Crippen LogP) is 1.38. The summed E-state index contributed by atoms with van der Waals surface area (Å²) in [7, 11) is 0. The van der Waals surface area contributed by atoms with Crippen molar-refractivity contribution in [1.82, 2.24) is 26.0 Å². The van der Waals surface area contributed by atoms with Crippen molar-refractivity contribution in [1.29, 1.82) is 0 Å². The number of halogens is 1. The fourth-order valence-electron chi connectivity index (χ4n) is 4.74. The van der Waals surface area contributed by atoms with Gasteiger partial charge in [-0.15, -0.1) is 0 Å². The molecule has 1 fully saturated rings. The third-order valence-electron chi connectivity index (χ3n) is 6.29. The van der Waals surface area contributed by atoms with Gasteiger partial charge >= 0.3 is 0 Å². The molecule has 0 aromatic carbocycles. The molecule has 1 aliphatic carbocycles. The summed E-state index contributed by atoms with van der Waals surface area (Å²) in [6.45, 7) is 6.01. The number of hydrazine groups is 1. The van der Waals surface area contributed by atoms with Crippen LogP contribution in [0.3, 0.4) is 0 Å². The molecule has 156 valence electrons. The Balaban J connectivity index is 1.41. The minimum Gasteiger partial charge on any atom is -0.496 e. The van der Waals surface area contributed by atoms with Crippen LogP contribution in [-0.4, -0.2) is 67.7 Å². The average Bonchev–Trinajstić information content (AvgIpc) is 3.16. The van der Waals surface area contributed by atoms with Gasteiger partial charge in [0.05, 0.1) is 5.76 Å². The Kier molecular flexibility index (Phi) is 5.39. The first kappa shape index (κ1) is 18.8. The molecule has 5 aliphatic rings. The summed E-state index contributed by atoms with van der Waals surface area (Å²) >= 11 is 0. The molecule has 0 radical (unpaired) electrons. The number of rotatable bonds is 1. The minimum atomic E-state index is -0.223. The van der Waals surface area contributed by atoms with Crippen molar-refractivity contribution >= 4 is 5.84 Å². The van der Waals surface area contributed by atoms with Gasteiger partial charge in [0.15, 0.2) is 0 Å². The van der Waals surface area contributed by atoms with Gasteiger partial charge in [0.2, 0.25) is 0 Å². The third-order valence-corrected chi connectivity index (χ3v) is 6.29. The second-order valence-corrected chi connectivity index (χ2v) is 8.13. The van der Waals surface area contributed by atoms with E-state index < -0.39 is 0 Å². The van der Waals surface area contributed by atoms with E-state index in [0.717, 1.165) is 68.6 Å². The van der Waals surface area contributed by atoms with Crippen LogP contribution in [-0.2, 0) is 4.74 Å². The third kappa shape index (κ3) is 4.10. The lowest BCUT2D eigenvalue weighted by Gasteiger charge is -2.35. The first-order chi connectivity index (χ1) is 14.3. The summed E-state index contributed by atoms with van der Waals surface area (Å²) in [6, 6.07) is 0.562. The van der Waals surface area contributed by atoms with E-state index in [4.69, 9.17) is 9.73 Å². The molecule has 0 amide bonds. The van der Waals surface area contributed by atoms with Gasteiger partial charge in [-0.3, -0.25) is 9.91 Å². The fraction of sp³-hybridized carbons (Fsp3) is 0.571. The highest BCUT2D eigenvalue weighted by Gasteiger charge is 2.31. The molecular formula is C21H29FN6O. The van der Waals surface area contributed by atoms with Crippen molar-refractivity contribution in [2.24, 2.45) is 10.9 Å². The van der Waals surface area contributed by atoms with E-state index in [-0.39, 0.29) is 11.7 Å². The number of fused-ring (bicyclic) bond motifs is 3. The van der Waals surface area contributed by atoms with Crippen molar-refractivity contribution < 1.29 is 9.13 Å². The van der Waals surface area contributed by atoms with E-state index in [0.29, 0.717) is 25.6 Å². The SMILES string of the molecule is FC1=CC2CC(=C1)OCCN(C1CCNCC1)CCNC1=NC3=C2CNN3C=C1. The van der Waals surface area contributed by atoms with Gasteiger partial charge in [0.25, 0.3) is 0 Å². The Hall–Kier alpha value is -2.16. The monoisotopic (exact) mass is 400 g/mol. The predicted molar refractivity (Wildman–Crippen MR) is 110 cm³/mol. The molecule has 4 heterocycles. The Morgan fingerprint density at radius 2 is 2.07 bits per heavy atom. The summed E-state index contributed by atoms with van der Waals surface area (Å²) < 4.78 is 20.4. The van der Waals surface area contributed by atoms with Crippen LogP contribution in [0, 0.1) is 5.92 Å². The maximum absolute atomic E-state index is 14.4. The highest BCUT2D eigenvalue weighted by molar-refractivity contribution is 5.94. The number of hydrogen-bond acceptors (Lipinski definition) is 7. The summed E-state index contributed by atoms with van der Waals surface area (Å²) in [5, 5.41) is 8.85. The molecule has 3 N–H and O–H groups in total. The number of nitrogens with one attached hydrogen (secondary N) is 3. The molecule has 5 rings (SSSR count). The van der Waals surface area contributed by atoms with Gasteiger partial charge in [-0.2, -0.15) is 0 Å². The Bertz CT molecular complexity index is 795. The molecular weight excluding hydrogens is 371 g/mol. The van der Waals surface area contributed by atoms with E-state index in [1.165, 1.54) is 0 Å². The molecule has 4 bridgehead atoms. The Labute approximate surface area is 171 Å². The standard InChI is InChI=1S/C21H29FN6O/c22-16-11-15-12-18(13-16)29-10-9-27(17-1-4-23-5-2-17)8-6-24-20-3-7-28-21(26-20)19(15)14-25-28/h3,7,11,13,15,17,23,25H,1-2,4-6,8-10,12,14H2,(H,24,26). The number of piperidine rings is 1. The summed E-state index contributed by atoms with van der Waals surface area (Å²) in [6.07, 6.45) is 10.2. The number of ether oxygens (including phenoxy) is 1. The summed E-state index contributed by atoms with van der Waals surface area (Å²) in [4.78, 5) is 7.33. The van der Waals surface area contributed by atoms with Crippen molar-refractivity contribution in [2.75, 3.05) is 45.9 Å². The largest absolute Gasteiger partial charge is 0.496 e. The van der Waals surface area contributed by atoms with Gasteiger partial charge in [0, 0.05) is 56.8 Å². The summed E-state index contributed by atoms with van der Waals surface area (Å²) in [5.74, 6) is 2.21. The van der Waals surface area contributed by atoms with E-state index in [1.807, 2.05) is 17.3 Å². The number of aliphatic imine (C=N–C) groups is 1. The molecule has 1 unspecified atom stereocenters. The number of allylic oxidation sites excluding steroid dienone is 4. The topological polar surface area (TPSA) is 64.2 Å². The van der Waals surface area contributed by atoms with Gasteiger partial charge in [-0.25, -0.2) is 14.8 Å². The van der Waals surface area contributed by atoms with E-state index in [1.54, 1.807) is 12.2 Å². The van der Waals surface area contributed by atoms with Crippen LogP contribution in [0.15, 0.2) is 52.4 Å². The molecule has 8 heteroatoms. The van der Waals surface area contributed by atoms with Crippen LogP contribution in [0.1, 0.15) is 19.3 Å². The van der Waals surface area contributed by atoms with Crippen LogP contribution in [0.2, 0.25) is 0 Å². The van der Waals surface area contributed by atoms with Crippen molar-refractivity contribution in [2.45, 2.75) is 25.3 Å². The first-order valence-corrected chi connectivity index (χ1v) is 10.7. The minimum absolute atomic E-state index is 0.0394. The lowest BCUT2D eigenvalue weighted by Crippen LogP contribution is -2.47. The highest BCUT2D eigenvalue weighted by Crippen LogP contribution is 2.34. The van der Waals surface area contributed by atoms with Gasteiger partial charge < -0.3 is 15.4 Å². The lowest BCUT2D eigenvalue weighted by atomic mass is 9.91. The number of hydrogen-bond donors (Lipinski definition) is 3. The highest BCUT2D eigenvalue weighted by atomic mass is 19.1. The molecule has 0 aromatic rings. The van der Waals surface area contributed by atoms with Crippen LogP contribution in [0.4, 0.5) is 4.39 Å². The number of nitrogens with zero attached hydrogens (tertiary/aromatic N) is 3. The molecule has 29 heavy (non-hydrogen) atoms. The van der Waals surface area contributed by atoms with Gasteiger partial charge in [0.1, 0.15) is 24.1 Å². The quantitative estimate of drug-likeness (QED) is 0.618. The molecule has 1 saturated heterocycles. The Morgan fingerprint density at radius 1 is 1.17 bits per heavy atom. The zero-order valence-corrected chi connectivity index (χ0v) is 16.7. The van der Waals surface area contributed by atoms with Crippen molar-refractivity contribution in [3.05, 3.63) is 47.4 Å². The first-order valence-electron chi connectivity index (χ1n) is 10.7. The smallest absolute Gasteiger partial charge is 0.150 e. The molecule has 0 spiro atoms. The van der Waals surface area contributed by atoms with Crippen LogP contribution < -0.4 is 16.1 Å². The molecule has 1 atom stereocenters. The second kappa shape index (κ2) is 8.30. The van der Waals surface area contributed by atoms with Crippen LogP contribution in [0.25, 0.3) is 0 Å². The van der Waals surface area contributed by atoms with Crippen LogP contribution in [0.5, 0.6) is 0 Å². The normalized spacial score (nSPS) is 28.8.